The number of rotatable bonds is 1. The van der Waals surface area contributed by atoms with E-state index in [1.807, 2.05) is 0 Å². The van der Waals surface area contributed by atoms with Gasteiger partial charge in [0.05, 0.1) is 6.61 Å². The quantitative estimate of drug-likeness (QED) is 0.543. The molecule has 1 fully saturated rings. The second kappa shape index (κ2) is 2.69. The first-order valence-electron chi connectivity index (χ1n) is 3.09. The van der Waals surface area contributed by atoms with Gasteiger partial charge in [-0.25, -0.2) is 4.39 Å². The summed E-state index contributed by atoms with van der Waals surface area (Å²) < 4.78 is 17.6. The molecule has 0 N–H and O–H groups in total. The SMILES string of the molecule is C=C/C(F)=C1/OCCC1=C. The van der Waals surface area contributed by atoms with Crippen LogP contribution in [0.2, 0.25) is 0 Å². The molecule has 0 bridgehead atoms. The van der Waals surface area contributed by atoms with Gasteiger partial charge >= 0.3 is 0 Å². The zero-order valence-electron chi connectivity index (χ0n) is 5.69. The Balaban J connectivity index is 2.89. The molecule has 1 heterocycles. The van der Waals surface area contributed by atoms with Gasteiger partial charge in [-0.1, -0.05) is 13.2 Å². The summed E-state index contributed by atoms with van der Waals surface area (Å²) in [5, 5.41) is 0. The Kier molecular flexibility index (Phi) is 1.90. The first kappa shape index (κ1) is 7.06. The van der Waals surface area contributed by atoms with E-state index in [9.17, 15) is 4.39 Å². The average Bonchev–Trinajstić information content (AvgIpc) is 2.34. The summed E-state index contributed by atoms with van der Waals surface area (Å²) in [6.07, 6.45) is 1.85. The van der Waals surface area contributed by atoms with Crippen molar-refractivity contribution in [1.29, 1.82) is 0 Å². The van der Waals surface area contributed by atoms with E-state index in [1.54, 1.807) is 0 Å². The fourth-order valence-electron chi connectivity index (χ4n) is 0.822. The standard InChI is InChI=1S/C8H9FO/c1-3-7(9)8-6(2)4-5-10-8/h3H,1-2,4-5H2/b8-7-. The van der Waals surface area contributed by atoms with Crippen molar-refractivity contribution in [1.82, 2.24) is 0 Å². The summed E-state index contributed by atoms with van der Waals surface area (Å²) in [7, 11) is 0. The zero-order chi connectivity index (χ0) is 7.56. The number of hydrogen-bond acceptors (Lipinski definition) is 1. The molecule has 1 saturated heterocycles. The molecule has 0 unspecified atom stereocenters. The van der Waals surface area contributed by atoms with Gasteiger partial charge in [-0.2, -0.15) is 0 Å². The van der Waals surface area contributed by atoms with E-state index in [0.717, 1.165) is 18.1 Å². The Morgan fingerprint density at radius 2 is 2.40 bits per heavy atom. The maximum atomic E-state index is 12.7. The van der Waals surface area contributed by atoms with Crippen LogP contribution in [0.1, 0.15) is 6.42 Å². The van der Waals surface area contributed by atoms with Crippen LogP contribution in [0.15, 0.2) is 36.4 Å². The summed E-state index contributed by atoms with van der Waals surface area (Å²) >= 11 is 0. The van der Waals surface area contributed by atoms with Crippen molar-refractivity contribution in [2.24, 2.45) is 0 Å². The summed E-state index contributed by atoms with van der Waals surface area (Å²) in [4.78, 5) is 0. The maximum absolute atomic E-state index is 12.7. The lowest BCUT2D eigenvalue weighted by atomic mass is 10.2. The molecular formula is C8H9FO. The molecule has 0 aromatic carbocycles. The van der Waals surface area contributed by atoms with Gasteiger partial charge in [-0.15, -0.1) is 0 Å². The summed E-state index contributed by atoms with van der Waals surface area (Å²) in [5.41, 5.74) is 0.720. The monoisotopic (exact) mass is 140 g/mol. The molecule has 0 aromatic rings. The van der Waals surface area contributed by atoms with Crippen LogP contribution >= 0.6 is 0 Å². The highest BCUT2D eigenvalue weighted by atomic mass is 19.1. The number of hydrogen-bond donors (Lipinski definition) is 0. The van der Waals surface area contributed by atoms with Gasteiger partial charge in [-0.05, 0) is 11.6 Å². The molecule has 0 aromatic heterocycles. The Morgan fingerprint density at radius 3 is 2.80 bits per heavy atom. The Hall–Kier alpha value is -1.05. The molecule has 0 saturated carbocycles. The minimum absolute atomic E-state index is 0.273. The lowest BCUT2D eigenvalue weighted by Crippen LogP contribution is -1.82. The van der Waals surface area contributed by atoms with Crippen molar-refractivity contribution in [3.05, 3.63) is 36.4 Å². The van der Waals surface area contributed by atoms with Crippen LogP contribution in [-0.2, 0) is 4.74 Å². The highest BCUT2D eigenvalue weighted by Gasteiger charge is 2.16. The lowest BCUT2D eigenvalue weighted by molar-refractivity contribution is 0.256. The van der Waals surface area contributed by atoms with E-state index in [-0.39, 0.29) is 5.76 Å². The number of halogens is 1. The first-order chi connectivity index (χ1) is 4.75. The minimum atomic E-state index is -0.414. The predicted octanol–water partition coefficient (Wildman–Crippen LogP) is 2.33. The average molecular weight is 140 g/mol. The van der Waals surface area contributed by atoms with Crippen LogP contribution < -0.4 is 0 Å². The largest absolute Gasteiger partial charge is 0.490 e. The van der Waals surface area contributed by atoms with Crippen molar-refractivity contribution < 1.29 is 9.13 Å². The van der Waals surface area contributed by atoms with Gasteiger partial charge in [0.1, 0.15) is 0 Å². The van der Waals surface area contributed by atoms with Crippen LogP contribution in [-0.4, -0.2) is 6.61 Å². The molecule has 0 radical (unpaired) electrons. The van der Waals surface area contributed by atoms with Gasteiger partial charge in [-0.3, -0.25) is 0 Å². The van der Waals surface area contributed by atoms with Gasteiger partial charge < -0.3 is 4.74 Å². The molecule has 0 atom stereocenters. The molecular weight excluding hydrogens is 131 g/mol. The number of allylic oxidation sites excluding steroid dienone is 3. The lowest BCUT2D eigenvalue weighted by Gasteiger charge is -1.97. The third kappa shape index (κ3) is 1.10. The van der Waals surface area contributed by atoms with Crippen LogP contribution in [0, 0.1) is 0 Å². The number of ether oxygens (including phenoxy) is 1. The molecule has 0 spiro atoms. The van der Waals surface area contributed by atoms with Gasteiger partial charge in [0.2, 0.25) is 0 Å². The van der Waals surface area contributed by atoms with Gasteiger partial charge in [0, 0.05) is 6.42 Å². The maximum Gasteiger partial charge on any atom is 0.164 e. The molecule has 0 amide bonds. The summed E-state index contributed by atoms with van der Waals surface area (Å²) in [6.45, 7) is 7.46. The topological polar surface area (TPSA) is 9.23 Å². The molecule has 1 rings (SSSR count). The first-order valence-corrected chi connectivity index (χ1v) is 3.09. The molecule has 2 heteroatoms. The Bertz CT molecular complexity index is 203. The van der Waals surface area contributed by atoms with E-state index in [2.05, 4.69) is 13.2 Å². The van der Waals surface area contributed by atoms with Crippen LogP contribution in [0.4, 0.5) is 4.39 Å². The van der Waals surface area contributed by atoms with E-state index < -0.39 is 5.83 Å². The van der Waals surface area contributed by atoms with Gasteiger partial charge in [0.25, 0.3) is 0 Å². The van der Waals surface area contributed by atoms with E-state index in [1.165, 1.54) is 0 Å². The van der Waals surface area contributed by atoms with Gasteiger partial charge in [0.15, 0.2) is 11.6 Å². The van der Waals surface area contributed by atoms with E-state index in [0.29, 0.717) is 6.61 Å². The van der Waals surface area contributed by atoms with Crippen molar-refractivity contribution in [3.63, 3.8) is 0 Å². The third-order valence-electron chi connectivity index (χ3n) is 1.37. The van der Waals surface area contributed by atoms with Crippen LogP contribution in [0.3, 0.4) is 0 Å². The zero-order valence-corrected chi connectivity index (χ0v) is 5.69. The Morgan fingerprint density at radius 1 is 1.70 bits per heavy atom. The van der Waals surface area contributed by atoms with Crippen LogP contribution in [0.5, 0.6) is 0 Å². The second-order valence-electron chi connectivity index (χ2n) is 2.08. The second-order valence-corrected chi connectivity index (χ2v) is 2.08. The Labute approximate surface area is 59.5 Å². The highest BCUT2D eigenvalue weighted by molar-refractivity contribution is 5.32. The van der Waals surface area contributed by atoms with Crippen molar-refractivity contribution in [2.45, 2.75) is 6.42 Å². The fraction of sp³-hybridized carbons (Fsp3) is 0.250. The highest BCUT2D eigenvalue weighted by Crippen LogP contribution is 2.25. The van der Waals surface area contributed by atoms with E-state index >= 15 is 0 Å². The summed E-state index contributed by atoms with van der Waals surface area (Å²) in [5.74, 6) is -0.141. The van der Waals surface area contributed by atoms with E-state index in [4.69, 9.17) is 4.74 Å². The third-order valence-corrected chi connectivity index (χ3v) is 1.37. The smallest absolute Gasteiger partial charge is 0.164 e. The normalized spacial score (nSPS) is 22.3. The molecule has 10 heavy (non-hydrogen) atoms. The molecule has 1 nitrogen and oxygen atoms in total. The molecule has 54 valence electrons. The van der Waals surface area contributed by atoms with Crippen molar-refractivity contribution >= 4 is 0 Å². The van der Waals surface area contributed by atoms with Crippen LogP contribution in [0.25, 0.3) is 0 Å². The fourth-order valence-corrected chi connectivity index (χ4v) is 0.822. The van der Waals surface area contributed by atoms with Crippen molar-refractivity contribution in [2.75, 3.05) is 6.61 Å². The summed E-state index contributed by atoms with van der Waals surface area (Å²) in [6, 6.07) is 0. The molecule has 1 aliphatic heterocycles. The van der Waals surface area contributed by atoms with Crippen molar-refractivity contribution in [3.8, 4) is 0 Å². The minimum Gasteiger partial charge on any atom is -0.490 e. The molecule has 1 aliphatic rings. The predicted molar refractivity (Wildman–Crippen MR) is 38.0 cm³/mol. The molecule has 0 aliphatic carbocycles.